The average molecular weight is 473 g/mol. The van der Waals surface area contributed by atoms with Crippen LogP contribution in [-0.4, -0.2) is 59.1 Å². The first-order valence-electron chi connectivity index (χ1n) is 9.23. The van der Waals surface area contributed by atoms with Gasteiger partial charge in [0.15, 0.2) is 6.10 Å². The summed E-state index contributed by atoms with van der Waals surface area (Å²) >= 11 is 5.98. The Morgan fingerprint density at radius 2 is 2.00 bits per heavy atom. The van der Waals surface area contributed by atoms with Crippen LogP contribution in [-0.2, 0) is 9.53 Å². The first kappa shape index (κ1) is 23.6. The number of pyridine rings is 2. The van der Waals surface area contributed by atoms with E-state index in [0.717, 1.165) is 17.0 Å². The second-order valence-corrected chi connectivity index (χ2v) is 7.20. The maximum absolute atomic E-state index is 14.1. The van der Waals surface area contributed by atoms with Crippen LogP contribution in [0.25, 0.3) is 11.3 Å². The molecule has 1 aliphatic rings. The van der Waals surface area contributed by atoms with Gasteiger partial charge in [0, 0.05) is 24.2 Å². The quantitative estimate of drug-likeness (QED) is 0.419. The summed E-state index contributed by atoms with van der Waals surface area (Å²) in [7, 11) is 1.33. The molecule has 2 aromatic heterocycles. The van der Waals surface area contributed by atoms with Gasteiger partial charge in [0.2, 0.25) is 11.9 Å². The Morgan fingerprint density at radius 3 is 2.62 bits per heavy atom. The third kappa shape index (κ3) is 5.05. The summed E-state index contributed by atoms with van der Waals surface area (Å²) in [4.78, 5) is 32.6. The van der Waals surface area contributed by atoms with Gasteiger partial charge in [0.1, 0.15) is 17.0 Å². The fraction of sp³-hybridized carbons (Fsp3) is 0.300. The molecule has 1 saturated heterocycles. The van der Waals surface area contributed by atoms with E-state index >= 15 is 0 Å². The number of ether oxygens (including phenoxy) is 1. The summed E-state index contributed by atoms with van der Waals surface area (Å²) in [6.07, 6.45) is -7.36. The second kappa shape index (κ2) is 9.21. The Bertz CT molecular complexity index is 1060. The number of hydrogen-bond donors (Lipinski definition) is 1. The van der Waals surface area contributed by atoms with E-state index in [9.17, 15) is 27.2 Å². The molecule has 0 saturated carbocycles. The molecule has 32 heavy (non-hydrogen) atoms. The SMILES string of the molecule is C=CC(=O)N1C[C@@H](c2ccc(Cl)nc2-c2cc(F)nc(C(=O)NC)c2)O[C@H](C(F)(F)F)C1. The third-order valence-electron chi connectivity index (χ3n) is 4.72. The largest absolute Gasteiger partial charge is 0.416 e. The maximum Gasteiger partial charge on any atom is 0.416 e. The lowest BCUT2D eigenvalue weighted by atomic mass is 9.99. The number of rotatable bonds is 4. The first-order valence-corrected chi connectivity index (χ1v) is 9.61. The molecule has 2 atom stereocenters. The number of aromatic nitrogens is 2. The van der Waals surface area contributed by atoms with Gasteiger partial charge in [-0.05, 0) is 18.2 Å². The molecule has 2 amide bonds. The molecule has 0 unspecified atom stereocenters. The van der Waals surface area contributed by atoms with E-state index in [1.165, 1.54) is 25.2 Å². The summed E-state index contributed by atoms with van der Waals surface area (Å²) in [6.45, 7) is 2.38. The van der Waals surface area contributed by atoms with E-state index in [4.69, 9.17) is 16.3 Å². The van der Waals surface area contributed by atoms with Crippen molar-refractivity contribution in [2.45, 2.75) is 18.4 Å². The van der Waals surface area contributed by atoms with E-state index < -0.39 is 42.7 Å². The fourth-order valence-electron chi connectivity index (χ4n) is 3.24. The highest BCUT2D eigenvalue weighted by Gasteiger charge is 2.47. The van der Waals surface area contributed by atoms with E-state index in [0.29, 0.717) is 0 Å². The predicted octanol–water partition coefficient (Wildman–Crippen LogP) is 3.31. The van der Waals surface area contributed by atoms with Gasteiger partial charge in [-0.3, -0.25) is 9.59 Å². The Balaban J connectivity index is 2.11. The minimum Gasteiger partial charge on any atom is -0.357 e. The molecule has 3 heterocycles. The van der Waals surface area contributed by atoms with Gasteiger partial charge in [-0.25, -0.2) is 9.97 Å². The Hall–Kier alpha value is -3.05. The van der Waals surface area contributed by atoms with Crippen LogP contribution in [0.2, 0.25) is 5.15 Å². The molecule has 0 spiro atoms. The van der Waals surface area contributed by atoms with E-state index in [1.54, 1.807) is 0 Å². The fourth-order valence-corrected chi connectivity index (χ4v) is 3.38. The van der Waals surface area contributed by atoms with Gasteiger partial charge >= 0.3 is 6.18 Å². The summed E-state index contributed by atoms with van der Waals surface area (Å²) < 4.78 is 59.8. The zero-order chi connectivity index (χ0) is 23.6. The Kier molecular flexibility index (Phi) is 6.79. The van der Waals surface area contributed by atoms with E-state index in [2.05, 4.69) is 21.9 Å². The first-order chi connectivity index (χ1) is 15.0. The summed E-state index contributed by atoms with van der Waals surface area (Å²) in [5.41, 5.74) is -0.106. The highest BCUT2D eigenvalue weighted by Crippen LogP contribution is 2.37. The summed E-state index contributed by atoms with van der Waals surface area (Å²) in [5, 5.41) is 2.28. The van der Waals surface area contributed by atoms with Crippen molar-refractivity contribution in [2.24, 2.45) is 0 Å². The molecule has 0 radical (unpaired) electrons. The zero-order valence-electron chi connectivity index (χ0n) is 16.6. The van der Waals surface area contributed by atoms with Crippen LogP contribution < -0.4 is 5.32 Å². The molecule has 0 bridgehead atoms. The molecule has 0 aromatic carbocycles. The highest BCUT2D eigenvalue weighted by atomic mass is 35.5. The molecule has 2 aromatic rings. The van der Waals surface area contributed by atoms with Crippen molar-refractivity contribution < 1.29 is 31.9 Å². The minimum absolute atomic E-state index is 0.0113. The van der Waals surface area contributed by atoms with Gasteiger partial charge in [0.05, 0.1) is 18.8 Å². The van der Waals surface area contributed by atoms with E-state index in [1.807, 2.05) is 0 Å². The molecule has 7 nitrogen and oxygen atoms in total. The Morgan fingerprint density at radius 1 is 1.28 bits per heavy atom. The topological polar surface area (TPSA) is 84.4 Å². The average Bonchev–Trinajstić information content (AvgIpc) is 2.76. The number of carbonyl (C=O) groups excluding carboxylic acids is 2. The third-order valence-corrected chi connectivity index (χ3v) is 4.93. The monoisotopic (exact) mass is 472 g/mol. The van der Waals surface area contributed by atoms with Gasteiger partial charge in [-0.1, -0.05) is 24.2 Å². The van der Waals surface area contributed by atoms with Crippen LogP contribution in [0, 0.1) is 5.95 Å². The smallest absolute Gasteiger partial charge is 0.357 e. The van der Waals surface area contributed by atoms with Gasteiger partial charge < -0.3 is 15.0 Å². The number of hydrogen-bond acceptors (Lipinski definition) is 5. The van der Waals surface area contributed by atoms with Crippen LogP contribution in [0.15, 0.2) is 36.9 Å². The van der Waals surface area contributed by atoms with Gasteiger partial charge in [-0.2, -0.15) is 17.6 Å². The van der Waals surface area contributed by atoms with Crippen molar-refractivity contribution in [1.29, 1.82) is 0 Å². The van der Waals surface area contributed by atoms with Crippen molar-refractivity contribution in [1.82, 2.24) is 20.2 Å². The van der Waals surface area contributed by atoms with Crippen LogP contribution in [0.4, 0.5) is 17.6 Å². The lowest BCUT2D eigenvalue weighted by Gasteiger charge is -2.38. The molecule has 1 fully saturated rings. The van der Waals surface area contributed by atoms with Crippen molar-refractivity contribution in [3.8, 4) is 11.3 Å². The molecular formula is C20H17ClF4N4O3. The van der Waals surface area contributed by atoms with E-state index in [-0.39, 0.29) is 34.2 Å². The molecule has 170 valence electrons. The molecule has 1 aliphatic heterocycles. The lowest BCUT2D eigenvalue weighted by Crippen LogP contribution is -2.51. The summed E-state index contributed by atoms with van der Waals surface area (Å²) in [6, 6.07) is 4.90. The number of morpholine rings is 1. The number of carbonyl (C=O) groups is 2. The summed E-state index contributed by atoms with van der Waals surface area (Å²) in [5.74, 6) is -2.38. The number of amides is 2. The van der Waals surface area contributed by atoms with Crippen molar-refractivity contribution in [3.05, 3.63) is 59.3 Å². The lowest BCUT2D eigenvalue weighted by molar-refractivity contribution is -0.253. The molecule has 1 N–H and O–H groups in total. The van der Waals surface area contributed by atoms with Crippen LogP contribution >= 0.6 is 11.6 Å². The normalized spacial score (nSPS) is 18.9. The standard InChI is InChI=1S/C20H17ClF4N4O3/c1-3-17(30)29-8-13(32-14(9-29)20(23,24)25)11-4-5-15(21)28-18(11)10-6-12(19(31)26-2)27-16(22)7-10/h3-7,13-14H,1,8-9H2,2H3,(H,26,31)/t13-,14-/m0/s1. The van der Waals surface area contributed by atoms with Crippen LogP contribution in [0.5, 0.6) is 0 Å². The van der Waals surface area contributed by atoms with Gasteiger partial charge in [0.25, 0.3) is 5.91 Å². The van der Waals surface area contributed by atoms with Crippen molar-refractivity contribution in [3.63, 3.8) is 0 Å². The zero-order valence-corrected chi connectivity index (χ0v) is 17.4. The number of halogens is 5. The maximum atomic E-state index is 14.1. The highest BCUT2D eigenvalue weighted by molar-refractivity contribution is 6.29. The number of nitrogens with one attached hydrogen (secondary N) is 1. The predicted molar refractivity (Wildman–Crippen MR) is 106 cm³/mol. The number of nitrogens with zero attached hydrogens (tertiary/aromatic N) is 3. The number of alkyl halides is 3. The molecule has 12 heteroatoms. The van der Waals surface area contributed by atoms with Gasteiger partial charge in [-0.15, -0.1) is 0 Å². The van der Waals surface area contributed by atoms with Crippen molar-refractivity contribution >= 4 is 23.4 Å². The molecule has 3 rings (SSSR count). The van der Waals surface area contributed by atoms with Crippen molar-refractivity contribution in [2.75, 3.05) is 20.1 Å². The van der Waals surface area contributed by atoms with Crippen LogP contribution in [0.3, 0.4) is 0 Å². The minimum atomic E-state index is -4.74. The molecule has 0 aliphatic carbocycles. The Labute approximate surface area is 185 Å². The molecular weight excluding hydrogens is 456 g/mol. The van der Waals surface area contributed by atoms with Crippen LogP contribution in [0.1, 0.15) is 22.2 Å². The second-order valence-electron chi connectivity index (χ2n) is 6.82.